The van der Waals surface area contributed by atoms with Crippen molar-refractivity contribution >= 4 is 20.9 Å². The van der Waals surface area contributed by atoms with Crippen LogP contribution in [-0.4, -0.2) is 32.6 Å². The molecule has 2 rings (SSSR count). The third-order valence-electron chi connectivity index (χ3n) is 5.05. The Morgan fingerprint density at radius 3 is 1.94 bits per heavy atom. The number of Topliss-reactive ketones (excluding diaryl/α,β-unsaturated/α-hetero) is 1. The van der Waals surface area contributed by atoms with Crippen molar-refractivity contribution in [3.8, 4) is 11.5 Å². The number of ketones is 1. The first-order valence-corrected chi connectivity index (χ1v) is 11.3. The molecule has 2 atom stereocenters. The number of rotatable bonds is 13. The van der Waals surface area contributed by atoms with Crippen LogP contribution in [0.2, 0.25) is 0 Å². The minimum atomic E-state index is -1.07. The smallest absolute Gasteiger partial charge is 0.321 e. The fourth-order valence-corrected chi connectivity index (χ4v) is 3.42. The zero-order valence-electron chi connectivity index (χ0n) is 19.2. The molecule has 7 heteroatoms. The summed E-state index contributed by atoms with van der Waals surface area (Å²) in [7, 11) is 4.14. The number of unbranched alkanes of at least 4 members (excludes halogenated alkanes) is 5. The van der Waals surface area contributed by atoms with E-state index in [1.54, 1.807) is 42.5 Å². The molecule has 6 nitrogen and oxygen atoms in total. The van der Waals surface area contributed by atoms with Gasteiger partial charge < -0.3 is 14.2 Å². The molecule has 0 aliphatic rings. The molecule has 0 radical (unpaired) electrons. The zero-order valence-corrected chi connectivity index (χ0v) is 20.3. The van der Waals surface area contributed by atoms with Gasteiger partial charge in [-0.3, -0.25) is 9.59 Å². The molecule has 0 saturated carbocycles. The van der Waals surface area contributed by atoms with Crippen LogP contribution >= 0.6 is 9.12 Å². The van der Waals surface area contributed by atoms with Crippen LogP contribution in [0.3, 0.4) is 0 Å². The normalized spacial score (nSPS) is 11.0. The number of hydrogen-bond donors (Lipinski definition) is 0. The standard InChI is InChI=1S/C25H32O5.H2OP/c1-4-5-6-7-8-12-18-30-25(27)22(19-14-10-9-11-15-19)24(26)23-20(28-2)16-13-17-21(23)29-3;1-2/h9-11,13-17,22H,4-8,12,18H2,1-3H3;2H2/q;+1. The van der Waals surface area contributed by atoms with E-state index in [-0.39, 0.29) is 5.56 Å². The van der Waals surface area contributed by atoms with Gasteiger partial charge in [-0.05, 0) is 24.1 Å². The predicted octanol–water partition coefficient (Wildman–Crippen LogP) is 5.78. The molecule has 0 amide bonds. The number of benzene rings is 2. The molecule has 2 aromatic rings. The molecular formula is C25H34O6P+. The highest BCUT2D eigenvalue weighted by atomic mass is 31.0. The summed E-state index contributed by atoms with van der Waals surface area (Å²) >= 11 is 0. The summed E-state index contributed by atoms with van der Waals surface area (Å²) in [5, 5.41) is 0. The molecular weight excluding hydrogens is 427 g/mol. The molecule has 174 valence electrons. The van der Waals surface area contributed by atoms with Crippen molar-refractivity contribution < 1.29 is 28.4 Å². The van der Waals surface area contributed by atoms with Crippen LogP contribution in [0.15, 0.2) is 48.5 Å². The van der Waals surface area contributed by atoms with Crippen molar-refractivity contribution in [2.75, 3.05) is 20.8 Å². The summed E-state index contributed by atoms with van der Waals surface area (Å²) < 4.78 is 24.4. The summed E-state index contributed by atoms with van der Waals surface area (Å²) in [6.07, 6.45) is 6.56. The first-order valence-electron chi connectivity index (χ1n) is 10.8. The number of carbonyl (C=O) groups is 2. The van der Waals surface area contributed by atoms with Crippen LogP contribution in [0.1, 0.15) is 67.3 Å². The Labute approximate surface area is 192 Å². The largest absolute Gasteiger partial charge is 0.496 e. The average molecular weight is 462 g/mol. The monoisotopic (exact) mass is 461 g/mol. The minimum absolute atomic E-state index is 0.243. The van der Waals surface area contributed by atoms with E-state index in [2.05, 4.69) is 6.92 Å². The maximum absolute atomic E-state index is 13.5. The third-order valence-corrected chi connectivity index (χ3v) is 5.05. The van der Waals surface area contributed by atoms with Crippen molar-refractivity contribution in [1.82, 2.24) is 0 Å². The predicted molar refractivity (Wildman–Crippen MR) is 128 cm³/mol. The Balaban J connectivity index is 0.00000249. The molecule has 0 N–H and O–H groups in total. The van der Waals surface area contributed by atoms with Crippen molar-refractivity contribution in [2.45, 2.75) is 51.4 Å². The summed E-state index contributed by atoms with van der Waals surface area (Å²) in [6.45, 7) is 2.49. The van der Waals surface area contributed by atoms with E-state index in [0.29, 0.717) is 23.7 Å². The lowest BCUT2D eigenvalue weighted by Crippen LogP contribution is -2.25. The lowest BCUT2D eigenvalue weighted by Gasteiger charge is -2.19. The molecule has 0 fully saturated rings. The van der Waals surface area contributed by atoms with Crippen molar-refractivity contribution in [3.63, 3.8) is 0 Å². The topological polar surface area (TPSA) is 78.9 Å². The van der Waals surface area contributed by atoms with E-state index >= 15 is 0 Å². The van der Waals surface area contributed by atoms with E-state index in [4.69, 9.17) is 18.8 Å². The molecule has 2 unspecified atom stereocenters. The van der Waals surface area contributed by atoms with Crippen molar-refractivity contribution in [2.24, 2.45) is 0 Å². The summed E-state index contributed by atoms with van der Waals surface area (Å²) in [5.74, 6) is -1.29. The van der Waals surface area contributed by atoms with E-state index in [0.717, 1.165) is 19.3 Å². The molecule has 0 spiro atoms. The average Bonchev–Trinajstić information content (AvgIpc) is 2.84. The number of ether oxygens (including phenoxy) is 3. The zero-order chi connectivity index (χ0) is 23.8. The highest BCUT2D eigenvalue weighted by Crippen LogP contribution is 2.34. The molecule has 0 aliphatic heterocycles. The molecule has 0 aromatic heterocycles. The Bertz CT molecular complexity index is 802. The fourth-order valence-electron chi connectivity index (χ4n) is 3.42. The van der Waals surface area contributed by atoms with Crippen molar-refractivity contribution in [3.05, 3.63) is 59.7 Å². The summed E-state index contributed by atoms with van der Waals surface area (Å²) in [5.41, 5.74) is 0.830. The van der Waals surface area contributed by atoms with Crippen LogP contribution < -0.4 is 9.47 Å². The lowest BCUT2D eigenvalue weighted by molar-refractivity contribution is -0.144. The lowest BCUT2D eigenvalue weighted by atomic mass is 9.89. The second kappa shape index (κ2) is 16.0. The van der Waals surface area contributed by atoms with Gasteiger partial charge in [0.2, 0.25) is 0 Å². The van der Waals surface area contributed by atoms with E-state index in [1.807, 2.05) is 6.07 Å². The molecule has 32 heavy (non-hydrogen) atoms. The number of carbonyl (C=O) groups excluding carboxylic acids is 2. The Morgan fingerprint density at radius 2 is 1.38 bits per heavy atom. The molecule has 0 bridgehead atoms. The van der Waals surface area contributed by atoms with Gasteiger partial charge in [-0.2, -0.15) is 0 Å². The first-order chi connectivity index (χ1) is 15.6. The second-order valence-corrected chi connectivity index (χ2v) is 7.18. The Hall–Kier alpha value is -2.72. The van der Waals surface area contributed by atoms with Crippen LogP contribution in [0.25, 0.3) is 0 Å². The first kappa shape index (κ1) is 27.3. The number of methoxy groups -OCH3 is 2. The SMILES string of the molecule is CCCCCCCCOC(=O)C(C(=O)c1c(OC)cccc1OC)c1ccccc1.O=[PH2+]. The Kier molecular flexibility index (Phi) is 13.6. The Morgan fingerprint density at radius 1 is 0.812 bits per heavy atom. The molecule has 0 saturated heterocycles. The molecule has 2 aromatic carbocycles. The van der Waals surface area contributed by atoms with Crippen molar-refractivity contribution in [1.29, 1.82) is 0 Å². The fraction of sp³-hybridized carbons (Fsp3) is 0.440. The van der Waals surface area contributed by atoms with Gasteiger partial charge in [0.15, 0.2) is 5.78 Å². The maximum atomic E-state index is 13.5. The number of esters is 1. The highest BCUT2D eigenvalue weighted by molar-refractivity contribution is 7.00. The maximum Gasteiger partial charge on any atom is 0.321 e. The summed E-state index contributed by atoms with van der Waals surface area (Å²) in [6, 6.07) is 14.1. The van der Waals surface area contributed by atoms with Gasteiger partial charge in [0.1, 0.15) is 23.0 Å². The molecule has 0 aliphatic carbocycles. The van der Waals surface area contributed by atoms with Gasteiger partial charge in [0.05, 0.1) is 20.8 Å². The van der Waals surface area contributed by atoms with E-state index in [1.165, 1.54) is 42.6 Å². The van der Waals surface area contributed by atoms with Gasteiger partial charge in [-0.1, -0.05) is 80.0 Å². The van der Waals surface area contributed by atoms with Crippen LogP contribution in [0.4, 0.5) is 0 Å². The van der Waals surface area contributed by atoms with Crippen LogP contribution in [-0.2, 0) is 14.1 Å². The summed E-state index contributed by atoms with van der Waals surface area (Å²) in [4.78, 5) is 26.5. The van der Waals surface area contributed by atoms with Gasteiger partial charge in [-0.25, -0.2) is 0 Å². The van der Waals surface area contributed by atoms with Crippen LogP contribution in [0.5, 0.6) is 11.5 Å². The number of hydrogen-bond acceptors (Lipinski definition) is 6. The van der Waals surface area contributed by atoms with Crippen LogP contribution in [0, 0.1) is 0 Å². The van der Waals surface area contributed by atoms with Gasteiger partial charge >= 0.3 is 15.1 Å². The highest BCUT2D eigenvalue weighted by Gasteiger charge is 2.34. The van der Waals surface area contributed by atoms with Gasteiger partial charge in [0.25, 0.3) is 0 Å². The second-order valence-electron chi connectivity index (χ2n) is 7.18. The quantitative estimate of drug-likeness (QED) is 0.124. The molecule has 0 heterocycles. The third kappa shape index (κ3) is 8.08. The van der Waals surface area contributed by atoms with Gasteiger partial charge in [0, 0.05) is 0 Å². The van der Waals surface area contributed by atoms with Gasteiger partial charge in [-0.15, -0.1) is 0 Å². The van der Waals surface area contributed by atoms with E-state index < -0.39 is 17.7 Å². The van der Waals surface area contributed by atoms with E-state index in [9.17, 15) is 9.59 Å². The minimum Gasteiger partial charge on any atom is -0.496 e.